The Kier molecular flexibility index (Phi) is 3.37. The molecule has 3 nitrogen and oxygen atoms in total. The molecule has 2 atom stereocenters. The number of fused-ring (bicyclic) bond motifs is 1. The van der Waals surface area contributed by atoms with E-state index in [4.69, 9.17) is 0 Å². The molecule has 3 aliphatic rings. The van der Waals surface area contributed by atoms with E-state index in [-0.39, 0.29) is 18.3 Å². The Morgan fingerprint density at radius 1 is 1.09 bits per heavy atom. The zero-order chi connectivity index (χ0) is 16.3. The van der Waals surface area contributed by atoms with Crippen LogP contribution in [-0.2, 0) is 16.4 Å². The van der Waals surface area contributed by atoms with Gasteiger partial charge in [-0.25, -0.2) is 21.9 Å². The largest absolute Gasteiger partial charge is 0.254 e. The molecule has 0 bridgehead atoms. The van der Waals surface area contributed by atoms with Gasteiger partial charge in [-0.2, -0.15) is 0 Å². The van der Waals surface area contributed by atoms with Gasteiger partial charge in [-0.3, -0.25) is 0 Å². The average molecular weight is 341 g/mol. The molecule has 0 aliphatic heterocycles. The van der Waals surface area contributed by atoms with Crippen molar-refractivity contribution in [2.24, 2.45) is 17.3 Å². The van der Waals surface area contributed by atoms with Crippen molar-refractivity contribution in [3.05, 3.63) is 35.9 Å². The maximum Gasteiger partial charge on any atom is 0.254 e. The molecular weight excluding hydrogens is 320 g/mol. The van der Waals surface area contributed by atoms with Gasteiger partial charge in [-0.1, -0.05) is 30.3 Å². The van der Waals surface area contributed by atoms with Crippen LogP contribution in [0, 0.1) is 17.3 Å². The summed E-state index contributed by atoms with van der Waals surface area (Å²) in [4.78, 5) is 0. The summed E-state index contributed by atoms with van der Waals surface area (Å²) in [6, 6.07) is 10.1. The molecule has 1 N–H and O–H groups in total. The number of hydrogen-bond acceptors (Lipinski definition) is 2. The van der Waals surface area contributed by atoms with E-state index < -0.39 is 33.0 Å². The first-order valence-corrected chi connectivity index (χ1v) is 9.77. The van der Waals surface area contributed by atoms with Crippen LogP contribution in [0.2, 0.25) is 0 Å². The van der Waals surface area contributed by atoms with Gasteiger partial charge in [0.2, 0.25) is 10.0 Å². The van der Waals surface area contributed by atoms with Crippen LogP contribution in [0.4, 0.5) is 8.78 Å². The summed E-state index contributed by atoms with van der Waals surface area (Å²) in [7, 11) is -3.48. The minimum Gasteiger partial charge on any atom is -0.214 e. The van der Waals surface area contributed by atoms with E-state index in [0.717, 1.165) is 19.3 Å². The highest BCUT2D eigenvalue weighted by Crippen LogP contribution is 2.65. The fourth-order valence-electron chi connectivity index (χ4n) is 4.01. The van der Waals surface area contributed by atoms with E-state index in [0.29, 0.717) is 6.54 Å². The summed E-state index contributed by atoms with van der Waals surface area (Å²) in [5.74, 6) is -4.02. The molecule has 3 aliphatic carbocycles. The standard InChI is InChI=1S/C17H21F2NO2S/c18-17(19)14-8-13(9-15(14)17)23(21,22)20-11-16(6-7-16)10-12-4-2-1-3-5-12/h1-5,13-15,20H,6-11H2. The Bertz CT molecular complexity index is 687. The smallest absolute Gasteiger partial charge is 0.214 e. The predicted octanol–water partition coefficient (Wildman–Crippen LogP) is 2.97. The summed E-state index contributed by atoms with van der Waals surface area (Å²) in [6.07, 6.45) is 3.11. The van der Waals surface area contributed by atoms with Gasteiger partial charge in [0.25, 0.3) is 5.92 Å². The highest BCUT2D eigenvalue weighted by molar-refractivity contribution is 7.90. The fraction of sp³-hybridized carbons (Fsp3) is 0.647. The van der Waals surface area contributed by atoms with E-state index >= 15 is 0 Å². The highest BCUT2D eigenvalue weighted by Gasteiger charge is 2.72. The van der Waals surface area contributed by atoms with Crippen LogP contribution in [-0.4, -0.2) is 26.1 Å². The van der Waals surface area contributed by atoms with Gasteiger partial charge in [0.15, 0.2) is 0 Å². The van der Waals surface area contributed by atoms with Gasteiger partial charge in [-0.15, -0.1) is 0 Å². The molecular formula is C17H21F2NO2S. The molecule has 0 amide bonds. The molecule has 3 saturated carbocycles. The lowest BCUT2D eigenvalue weighted by atomic mass is 9.97. The molecule has 1 aromatic rings. The van der Waals surface area contributed by atoms with E-state index in [2.05, 4.69) is 16.9 Å². The minimum absolute atomic E-state index is 0.0138. The third-order valence-corrected chi connectivity index (χ3v) is 7.67. The lowest BCUT2D eigenvalue weighted by Gasteiger charge is -2.20. The van der Waals surface area contributed by atoms with Gasteiger partial charge in [0.1, 0.15) is 0 Å². The molecule has 23 heavy (non-hydrogen) atoms. The molecule has 126 valence electrons. The summed E-state index contributed by atoms with van der Waals surface area (Å²) < 4.78 is 53.9. The second kappa shape index (κ2) is 4.99. The number of hydrogen-bond donors (Lipinski definition) is 1. The molecule has 6 heteroatoms. The maximum absolute atomic E-state index is 13.2. The SMILES string of the molecule is O=S(=O)(NCC1(Cc2ccccc2)CC1)C1CC2C(C1)C2(F)F. The van der Waals surface area contributed by atoms with Crippen molar-refractivity contribution in [2.75, 3.05) is 6.54 Å². The number of nitrogens with one attached hydrogen (secondary N) is 1. The lowest BCUT2D eigenvalue weighted by Crippen LogP contribution is -2.38. The van der Waals surface area contributed by atoms with Crippen molar-refractivity contribution < 1.29 is 17.2 Å². The molecule has 0 spiro atoms. The first-order chi connectivity index (χ1) is 10.8. The van der Waals surface area contributed by atoms with Crippen LogP contribution in [0.25, 0.3) is 0 Å². The van der Waals surface area contributed by atoms with Crippen LogP contribution < -0.4 is 4.72 Å². The lowest BCUT2D eigenvalue weighted by molar-refractivity contribution is 0.0732. The Morgan fingerprint density at radius 3 is 2.26 bits per heavy atom. The van der Waals surface area contributed by atoms with Crippen LogP contribution >= 0.6 is 0 Å². The zero-order valence-corrected chi connectivity index (χ0v) is 13.7. The van der Waals surface area contributed by atoms with E-state index in [1.165, 1.54) is 5.56 Å². The third kappa shape index (κ3) is 2.80. The summed E-state index contributed by atoms with van der Waals surface area (Å²) in [5, 5.41) is -0.635. The number of benzene rings is 1. The van der Waals surface area contributed by atoms with E-state index in [1.54, 1.807) is 0 Å². The molecule has 2 unspecified atom stereocenters. The maximum atomic E-state index is 13.2. The second-order valence-electron chi connectivity index (χ2n) is 7.51. The van der Waals surface area contributed by atoms with Gasteiger partial charge >= 0.3 is 0 Å². The molecule has 1 aromatic carbocycles. The molecule has 0 aromatic heterocycles. The van der Waals surface area contributed by atoms with Crippen molar-refractivity contribution in [2.45, 2.75) is 43.3 Å². The number of halogens is 2. The van der Waals surface area contributed by atoms with E-state index in [9.17, 15) is 17.2 Å². The number of alkyl halides is 2. The van der Waals surface area contributed by atoms with Crippen molar-refractivity contribution in [1.29, 1.82) is 0 Å². The monoisotopic (exact) mass is 341 g/mol. The first kappa shape index (κ1) is 15.5. The van der Waals surface area contributed by atoms with Gasteiger partial charge in [0.05, 0.1) is 5.25 Å². The van der Waals surface area contributed by atoms with Crippen LogP contribution in [0.3, 0.4) is 0 Å². The fourth-order valence-corrected chi connectivity index (χ4v) is 5.68. The van der Waals surface area contributed by atoms with Gasteiger partial charge in [0, 0.05) is 18.4 Å². The minimum atomic E-state index is -3.48. The van der Waals surface area contributed by atoms with Crippen LogP contribution in [0.5, 0.6) is 0 Å². The topological polar surface area (TPSA) is 46.2 Å². The molecule has 3 fully saturated rings. The first-order valence-electron chi connectivity index (χ1n) is 8.23. The third-order valence-electron chi connectivity index (χ3n) is 5.87. The molecule has 4 rings (SSSR count). The van der Waals surface area contributed by atoms with Crippen molar-refractivity contribution >= 4 is 10.0 Å². The van der Waals surface area contributed by atoms with Gasteiger partial charge < -0.3 is 0 Å². The predicted molar refractivity (Wildman–Crippen MR) is 83.7 cm³/mol. The normalized spacial score (nSPS) is 33.2. The van der Waals surface area contributed by atoms with Gasteiger partial charge in [-0.05, 0) is 43.1 Å². The van der Waals surface area contributed by atoms with Crippen molar-refractivity contribution in [3.63, 3.8) is 0 Å². The van der Waals surface area contributed by atoms with Crippen molar-refractivity contribution in [3.8, 4) is 0 Å². The Balaban J connectivity index is 1.34. The Morgan fingerprint density at radius 2 is 1.70 bits per heavy atom. The van der Waals surface area contributed by atoms with Crippen LogP contribution in [0.1, 0.15) is 31.2 Å². The summed E-state index contributed by atoms with van der Waals surface area (Å²) >= 11 is 0. The Labute approximate surface area is 135 Å². The zero-order valence-electron chi connectivity index (χ0n) is 12.8. The summed E-state index contributed by atoms with van der Waals surface area (Å²) in [6.45, 7) is 0.423. The summed E-state index contributed by atoms with van der Waals surface area (Å²) in [5.41, 5.74) is 1.23. The molecule has 0 radical (unpaired) electrons. The second-order valence-corrected chi connectivity index (χ2v) is 9.55. The van der Waals surface area contributed by atoms with Crippen LogP contribution in [0.15, 0.2) is 30.3 Å². The highest BCUT2D eigenvalue weighted by atomic mass is 32.2. The van der Waals surface area contributed by atoms with Crippen molar-refractivity contribution in [1.82, 2.24) is 4.72 Å². The molecule has 0 saturated heterocycles. The number of rotatable bonds is 6. The van der Waals surface area contributed by atoms with E-state index in [1.807, 2.05) is 18.2 Å². The average Bonchev–Trinajstić information content (AvgIpc) is 3.27. The quantitative estimate of drug-likeness (QED) is 0.865. The number of sulfonamides is 1. The Hall–Kier alpha value is -1.01. The molecule has 0 heterocycles.